The number of nitrogens with one attached hydrogen (secondary N) is 1. The van der Waals surface area contributed by atoms with Gasteiger partial charge in [0.25, 0.3) is 0 Å². The van der Waals surface area contributed by atoms with Gasteiger partial charge in [-0.3, -0.25) is 4.79 Å². The summed E-state index contributed by atoms with van der Waals surface area (Å²) in [5.74, 6) is 0.762. The van der Waals surface area contributed by atoms with E-state index in [2.05, 4.69) is 25.2 Å². The van der Waals surface area contributed by atoms with Gasteiger partial charge in [-0.2, -0.15) is 0 Å². The topological polar surface area (TPSA) is 55.1 Å². The fourth-order valence-corrected chi connectivity index (χ4v) is 2.43. The Morgan fingerprint density at radius 1 is 1.39 bits per heavy atom. The minimum Gasteiger partial charge on any atom is -0.321 e. The van der Waals surface area contributed by atoms with Crippen molar-refractivity contribution in [1.82, 2.24) is 5.32 Å². The summed E-state index contributed by atoms with van der Waals surface area (Å²) in [6.07, 6.45) is 1.73. The first-order valence-corrected chi connectivity index (χ1v) is 6.70. The van der Waals surface area contributed by atoms with Gasteiger partial charge in [0.15, 0.2) is 5.78 Å². The van der Waals surface area contributed by atoms with E-state index in [1.54, 1.807) is 0 Å². The number of Topliss-reactive ketones (excluding diaryl/α,β-unsaturated/α-hetero) is 1. The van der Waals surface area contributed by atoms with Crippen molar-refractivity contribution in [2.75, 3.05) is 6.54 Å². The summed E-state index contributed by atoms with van der Waals surface area (Å²) in [6.45, 7) is 5.23. The predicted molar refractivity (Wildman–Crippen MR) is 73.3 cm³/mol. The van der Waals surface area contributed by atoms with E-state index in [0.717, 1.165) is 18.5 Å². The zero-order valence-electron chi connectivity index (χ0n) is 11.1. The maximum absolute atomic E-state index is 12.2. The molecule has 0 bridgehead atoms. The van der Waals surface area contributed by atoms with Crippen LogP contribution in [0.4, 0.5) is 0 Å². The molecular weight excluding hydrogens is 224 g/mol. The second-order valence-corrected chi connectivity index (χ2v) is 5.48. The van der Waals surface area contributed by atoms with Crippen molar-refractivity contribution in [1.29, 1.82) is 0 Å². The highest BCUT2D eigenvalue weighted by Crippen LogP contribution is 2.26. The number of ketones is 1. The maximum atomic E-state index is 12.2. The molecule has 0 fully saturated rings. The fraction of sp³-hybridized carbons (Fsp3) is 0.533. The van der Waals surface area contributed by atoms with Crippen LogP contribution < -0.4 is 11.1 Å². The molecule has 18 heavy (non-hydrogen) atoms. The summed E-state index contributed by atoms with van der Waals surface area (Å²) in [5.41, 5.74) is 8.23. The van der Waals surface area contributed by atoms with Crippen molar-refractivity contribution in [3.63, 3.8) is 0 Å². The monoisotopic (exact) mass is 246 g/mol. The van der Waals surface area contributed by atoms with Crippen LogP contribution in [0.1, 0.15) is 37.4 Å². The summed E-state index contributed by atoms with van der Waals surface area (Å²) < 4.78 is 0. The zero-order valence-corrected chi connectivity index (χ0v) is 11.1. The molecule has 2 rings (SSSR count). The van der Waals surface area contributed by atoms with Crippen molar-refractivity contribution in [3.8, 4) is 0 Å². The molecule has 0 spiro atoms. The normalized spacial score (nSPS) is 23.2. The van der Waals surface area contributed by atoms with Crippen LogP contribution in [0, 0.1) is 5.92 Å². The van der Waals surface area contributed by atoms with Gasteiger partial charge in [-0.15, -0.1) is 0 Å². The molecule has 98 valence electrons. The Balaban J connectivity index is 2.14. The van der Waals surface area contributed by atoms with Crippen molar-refractivity contribution < 1.29 is 4.79 Å². The van der Waals surface area contributed by atoms with E-state index < -0.39 is 0 Å². The number of hydrogen-bond acceptors (Lipinski definition) is 3. The molecule has 0 heterocycles. The molecule has 0 aliphatic heterocycles. The summed E-state index contributed by atoms with van der Waals surface area (Å²) in [5, 5.41) is 3.36. The quantitative estimate of drug-likeness (QED) is 0.852. The first kappa shape index (κ1) is 13.2. The molecule has 3 heteroatoms. The lowest BCUT2D eigenvalue weighted by molar-refractivity contribution is -0.123. The van der Waals surface area contributed by atoms with Crippen molar-refractivity contribution in [2.45, 2.75) is 38.8 Å². The highest BCUT2D eigenvalue weighted by molar-refractivity contribution is 5.92. The second-order valence-electron chi connectivity index (χ2n) is 5.48. The molecule has 0 aromatic heterocycles. The lowest BCUT2D eigenvalue weighted by Gasteiger charge is -2.29. The van der Waals surface area contributed by atoms with Gasteiger partial charge in [-0.25, -0.2) is 0 Å². The molecule has 0 saturated heterocycles. The van der Waals surface area contributed by atoms with Crippen LogP contribution in [0.2, 0.25) is 0 Å². The Morgan fingerprint density at radius 3 is 2.83 bits per heavy atom. The lowest BCUT2D eigenvalue weighted by Crippen LogP contribution is -2.45. The minimum absolute atomic E-state index is 0.123. The molecule has 0 saturated carbocycles. The van der Waals surface area contributed by atoms with Crippen molar-refractivity contribution >= 4 is 5.78 Å². The van der Waals surface area contributed by atoms with E-state index in [0.29, 0.717) is 12.3 Å². The standard InChI is InChI=1S/C15H22N2O/c1-10(2)7-8-17-14-12-6-4-3-5-11(12)9-13(16)15(14)18/h3-6,10,13-14,17H,7-9,16H2,1-2H3. The number of fused-ring (bicyclic) bond motifs is 1. The second kappa shape index (κ2) is 5.63. The summed E-state index contributed by atoms with van der Waals surface area (Å²) >= 11 is 0. The highest BCUT2D eigenvalue weighted by atomic mass is 16.1. The Hall–Kier alpha value is -1.19. The van der Waals surface area contributed by atoms with Crippen LogP contribution in [0.3, 0.4) is 0 Å². The average Bonchev–Trinajstić information content (AvgIpc) is 2.33. The van der Waals surface area contributed by atoms with Gasteiger partial charge in [0, 0.05) is 0 Å². The van der Waals surface area contributed by atoms with Crippen LogP contribution in [0.25, 0.3) is 0 Å². The number of carbonyl (C=O) groups excluding carboxylic acids is 1. The van der Waals surface area contributed by atoms with Gasteiger partial charge >= 0.3 is 0 Å². The van der Waals surface area contributed by atoms with Gasteiger partial charge in [-0.05, 0) is 36.4 Å². The molecule has 2 unspecified atom stereocenters. The number of nitrogens with two attached hydrogens (primary N) is 1. The third-order valence-corrected chi connectivity index (χ3v) is 3.53. The van der Waals surface area contributed by atoms with Crippen LogP contribution in [-0.4, -0.2) is 18.4 Å². The van der Waals surface area contributed by atoms with Gasteiger partial charge in [0.05, 0.1) is 12.1 Å². The lowest BCUT2D eigenvalue weighted by atomic mass is 9.84. The molecule has 1 aliphatic rings. The smallest absolute Gasteiger partial charge is 0.171 e. The van der Waals surface area contributed by atoms with E-state index in [9.17, 15) is 4.79 Å². The third kappa shape index (κ3) is 2.79. The van der Waals surface area contributed by atoms with Crippen molar-refractivity contribution in [2.24, 2.45) is 11.7 Å². The Bertz CT molecular complexity index is 428. The molecule has 2 atom stereocenters. The Labute approximate surface area is 109 Å². The Morgan fingerprint density at radius 2 is 2.11 bits per heavy atom. The molecule has 1 aliphatic carbocycles. The summed E-state index contributed by atoms with van der Waals surface area (Å²) in [7, 11) is 0. The number of benzene rings is 1. The molecule has 3 nitrogen and oxygen atoms in total. The molecule has 1 aromatic rings. The molecule has 1 aromatic carbocycles. The fourth-order valence-electron chi connectivity index (χ4n) is 2.43. The molecule has 0 amide bonds. The van der Waals surface area contributed by atoms with E-state index in [4.69, 9.17) is 5.73 Å². The van der Waals surface area contributed by atoms with Gasteiger partial charge < -0.3 is 11.1 Å². The summed E-state index contributed by atoms with van der Waals surface area (Å²) in [4.78, 5) is 12.2. The highest BCUT2D eigenvalue weighted by Gasteiger charge is 2.32. The first-order chi connectivity index (χ1) is 8.59. The van der Waals surface area contributed by atoms with Gasteiger partial charge in [0.1, 0.15) is 0 Å². The van der Waals surface area contributed by atoms with E-state index in [-0.39, 0.29) is 17.9 Å². The predicted octanol–water partition coefficient (Wildman–Crippen LogP) is 1.82. The summed E-state index contributed by atoms with van der Waals surface area (Å²) in [6, 6.07) is 7.51. The largest absolute Gasteiger partial charge is 0.321 e. The Kier molecular flexibility index (Phi) is 4.15. The molecule has 0 radical (unpaired) electrons. The molecular formula is C15H22N2O. The maximum Gasteiger partial charge on any atom is 0.171 e. The number of rotatable bonds is 4. The van der Waals surface area contributed by atoms with Crippen LogP contribution >= 0.6 is 0 Å². The van der Waals surface area contributed by atoms with Crippen molar-refractivity contribution in [3.05, 3.63) is 35.4 Å². The average molecular weight is 246 g/mol. The van der Waals surface area contributed by atoms with Crippen LogP contribution in [0.5, 0.6) is 0 Å². The minimum atomic E-state index is -0.364. The number of hydrogen-bond donors (Lipinski definition) is 2. The van der Waals surface area contributed by atoms with Crippen LogP contribution in [-0.2, 0) is 11.2 Å². The first-order valence-electron chi connectivity index (χ1n) is 6.70. The number of carbonyl (C=O) groups is 1. The third-order valence-electron chi connectivity index (χ3n) is 3.53. The van der Waals surface area contributed by atoms with Gasteiger partial charge in [-0.1, -0.05) is 38.1 Å². The van der Waals surface area contributed by atoms with E-state index in [1.165, 1.54) is 5.56 Å². The molecule has 3 N–H and O–H groups in total. The van der Waals surface area contributed by atoms with E-state index in [1.807, 2.05) is 18.2 Å². The van der Waals surface area contributed by atoms with Crippen LogP contribution in [0.15, 0.2) is 24.3 Å². The SMILES string of the molecule is CC(C)CCNC1C(=O)C(N)Cc2ccccc21. The van der Waals surface area contributed by atoms with E-state index >= 15 is 0 Å². The van der Waals surface area contributed by atoms with Gasteiger partial charge in [0.2, 0.25) is 0 Å². The zero-order chi connectivity index (χ0) is 13.1.